The van der Waals surface area contributed by atoms with E-state index in [1.165, 1.54) is 0 Å². The number of aromatic nitrogens is 1. The van der Waals surface area contributed by atoms with Gasteiger partial charge in [-0.25, -0.2) is 4.98 Å². The number of nitrogens with zero attached hydrogens (tertiary/aromatic N) is 1. The second kappa shape index (κ2) is 4.95. The van der Waals surface area contributed by atoms with Crippen molar-refractivity contribution in [3.63, 3.8) is 0 Å². The van der Waals surface area contributed by atoms with Gasteiger partial charge in [-0.15, -0.1) is 11.8 Å². The summed E-state index contributed by atoms with van der Waals surface area (Å²) in [6, 6.07) is 3.77. The summed E-state index contributed by atoms with van der Waals surface area (Å²) in [5, 5.41) is 1.45. The largest absolute Gasteiger partial charge is 0.470 e. The van der Waals surface area contributed by atoms with Gasteiger partial charge in [0.25, 0.3) is 0 Å². The van der Waals surface area contributed by atoms with Crippen molar-refractivity contribution in [2.45, 2.75) is 50.5 Å². The van der Waals surface area contributed by atoms with E-state index in [4.69, 9.17) is 10.5 Å². The van der Waals surface area contributed by atoms with Gasteiger partial charge in [0, 0.05) is 5.25 Å². The molecule has 1 aromatic heterocycles. The minimum atomic E-state index is -0.276. The Hall–Kier alpha value is -0.900. The quantitative estimate of drug-likeness (QED) is 0.823. The smallest absolute Gasteiger partial charge is 0.238 e. The fourth-order valence-corrected chi connectivity index (χ4v) is 1.88. The van der Waals surface area contributed by atoms with E-state index in [-0.39, 0.29) is 5.60 Å². The van der Waals surface area contributed by atoms with Gasteiger partial charge in [-0.05, 0) is 32.9 Å². The van der Waals surface area contributed by atoms with Gasteiger partial charge < -0.3 is 10.5 Å². The molecule has 0 amide bonds. The fourth-order valence-electron chi connectivity index (χ4n) is 1.11. The van der Waals surface area contributed by atoms with E-state index in [2.05, 4.69) is 18.8 Å². The lowest BCUT2D eigenvalue weighted by atomic mass is 10.2. The van der Waals surface area contributed by atoms with Crippen LogP contribution in [0.2, 0.25) is 0 Å². The van der Waals surface area contributed by atoms with Crippen LogP contribution in [0.1, 0.15) is 34.6 Å². The lowest BCUT2D eigenvalue weighted by molar-refractivity contribution is 0.124. The van der Waals surface area contributed by atoms with Crippen LogP contribution in [0.5, 0.6) is 5.88 Å². The molecule has 0 aromatic carbocycles. The third kappa shape index (κ3) is 4.31. The molecular weight excluding hydrogens is 220 g/mol. The molecule has 0 saturated heterocycles. The molecule has 0 bridgehead atoms. The topological polar surface area (TPSA) is 48.1 Å². The number of nitrogens with two attached hydrogens (primary N) is 1. The molecule has 0 radical (unpaired) electrons. The molecule has 1 rings (SSSR count). The summed E-state index contributed by atoms with van der Waals surface area (Å²) in [6.07, 6.45) is 0. The molecule has 1 aromatic rings. The monoisotopic (exact) mass is 240 g/mol. The molecule has 1 heterocycles. The van der Waals surface area contributed by atoms with Crippen LogP contribution in [0, 0.1) is 0 Å². The van der Waals surface area contributed by atoms with Gasteiger partial charge in [-0.2, -0.15) is 0 Å². The molecule has 0 saturated carbocycles. The third-order valence-corrected chi connectivity index (χ3v) is 2.56. The van der Waals surface area contributed by atoms with Crippen LogP contribution in [0.15, 0.2) is 17.2 Å². The maximum atomic E-state index is 5.83. The number of hydrogen-bond acceptors (Lipinski definition) is 4. The summed E-state index contributed by atoms with van der Waals surface area (Å²) in [7, 11) is 0. The van der Waals surface area contributed by atoms with Gasteiger partial charge in [0.15, 0.2) is 0 Å². The molecular formula is C12H20N2OS. The lowest BCUT2D eigenvalue weighted by Gasteiger charge is -2.21. The van der Waals surface area contributed by atoms with Gasteiger partial charge in [0.05, 0.1) is 5.69 Å². The van der Waals surface area contributed by atoms with Crippen molar-refractivity contribution < 1.29 is 4.74 Å². The minimum Gasteiger partial charge on any atom is -0.470 e. The molecule has 0 unspecified atom stereocenters. The highest BCUT2D eigenvalue weighted by Gasteiger charge is 2.15. The van der Waals surface area contributed by atoms with Crippen LogP contribution in [0.4, 0.5) is 5.69 Å². The van der Waals surface area contributed by atoms with Crippen molar-refractivity contribution in [3.05, 3.63) is 12.1 Å². The molecule has 2 N–H and O–H groups in total. The van der Waals surface area contributed by atoms with Gasteiger partial charge in [-0.3, -0.25) is 0 Å². The zero-order valence-corrected chi connectivity index (χ0v) is 11.4. The summed E-state index contributed by atoms with van der Waals surface area (Å²) < 4.78 is 5.71. The first kappa shape index (κ1) is 13.2. The van der Waals surface area contributed by atoms with Crippen LogP contribution in [-0.2, 0) is 0 Å². The maximum absolute atomic E-state index is 5.83. The highest BCUT2D eigenvalue weighted by atomic mass is 32.2. The molecule has 90 valence electrons. The number of anilines is 1. The second-order valence-electron chi connectivity index (χ2n) is 4.92. The first-order valence-electron chi connectivity index (χ1n) is 5.40. The fraction of sp³-hybridized carbons (Fsp3) is 0.583. The van der Waals surface area contributed by atoms with E-state index in [0.717, 1.165) is 5.03 Å². The molecule has 4 heteroatoms. The summed E-state index contributed by atoms with van der Waals surface area (Å²) in [6.45, 7) is 10.2. The van der Waals surface area contributed by atoms with Crippen molar-refractivity contribution in [2.75, 3.05) is 5.73 Å². The van der Waals surface area contributed by atoms with E-state index < -0.39 is 0 Å². The van der Waals surface area contributed by atoms with E-state index in [0.29, 0.717) is 16.8 Å². The van der Waals surface area contributed by atoms with Gasteiger partial charge in [0.2, 0.25) is 5.88 Å². The molecule has 0 fully saturated rings. The second-order valence-corrected chi connectivity index (χ2v) is 6.52. The van der Waals surface area contributed by atoms with Crippen molar-refractivity contribution >= 4 is 17.4 Å². The number of rotatable bonds is 3. The Morgan fingerprint density at radius 1 is 1.31 bits per heavy atom. The summed E-state index contributed by atoms with van der Waals surface area (Å²) in [5.74, 6) is 0.526. The Kier molecular flexibility index (Phi) is 4.08. The lowest BCUT2D eigenvalue weighted by Crippen LogP contribution is -2.24. The standard InChI is InChI=1S/C12H20N2OS/c1-8(2)16-10-7-6-9(13)11(14-10)15-12(3,4)5/h6-8H,13H2,1-5H3. The zero-order chi connectivity index (χ0) is 12.3. The number of pyridine rings is 1. The van der Waals surface area contributed by atoms with Crippen molar-refractivity contribution in [3.8, 4) is 5.88 Å². The Bertz CT molecular complexity index is 359. The normalized spacial score (nSPS) is 11.9. The molecule has 0 aliphatic rings. The van der Waals surface area contributed by atoms with Crippen LogP contribution in [0.3, 0.4) is 0 Å². The zero-order valence-electron chi connectivity index (χ0n) is 10.6. The van der Waals surface area contributed by atoms with Gasteiger partial charge >= 0.3 is 0 Å². The molecule has 0 atom stereocenters. The van der Waals surface area contributed by atoms with Crippen LogP contribution < -0.4 is 10.5 Å². The molecule has 0 aliphatic carbocycles. The van der Waals surface area contributed by atoms with Crippen LogP contribution in [-0.4, -0.2) is 15.8 Å². The summed E-state index contributed by atoms with van der Waals surface area (Å²) in [5.41, 5.74) is 6.14. The molecule has 3 nitrogen and oxygen atoms in total. The number of ether oxygens (including phenoxy) is 1. The van der Waals surface area contributed by atoms with Crippen molar-refractivity contribution in [2.24, 2.45) is 0 Å². The Balaban J connectivity index is 2.90. The average Bonchev–Trinajstić information content (AvgIpc) is 2.07. The third-order valence-electron chi connectivity index (χ3n) is 1.62. The SMILES string of the molecule is CC(C)Sc1ccc(N)c(OC(C)(C)C)n1. The average molecular weight is 240 g/mol. The highest BCUT2D eigenvalue weighted by molar-refractivity contribution is 7.99. The maximum Gasteiger partial charge on any atom is 0.238 e. The van der Waals surface area contributed by atoms with Crippen LogP contribution >= 0.6 is 11.8 Å². The predicted molar refractivity (Wildman–Crippen MR) is 70.0 cm³/mol. The summed E-state index contributed by atoms with van der Waals surface area (Å²) in [4.78, 5) is 4.41. The highest BCUT2D eigenvalue weighted by Crippen LogP contribution is 2.28. The number of nitrogen functional groups attached to an aromatic ring is 1. The predicted octanol–water partition coefficient (Wildman–Crippen LogP) is 3.34. The first-order valence-corrected chi connectivity index (χ1v) is 6.28. The minimum absolute atomic E-state index is 0.276. The van der Waals surface area contributed by atoms with Crippen LogP contribution in [0.25, 0.3) is 0 Å². The number of hydrogen-bond donors (Lipinski definition) is 1. The Morgan fingerprint density at radius 3 is 2.44 bits per heavy atom. The van der Waals surface area contributed by atoms with E-state index in [1.54, 1.807) is 11.8 Å². The summed E-state index contributed by atoms with van der Waals surface area (Å²) >= 11 is 1.70. The van der Waals surface area contributed by atoms with Gasteiger partial charge in [-0.1, -0.05) is 13.8 Å². The first-order chi connectivity index (χ1) is 7.28. The number of thioether (sulfide) groups is 1. The van der Waals surface area contributed by atoms with Crippen molar-refractivity contribution in [1.29, 1.82) is 0 Å². The molecule has 0 spiro atoms. The Morgan fingerprint density at radius 2 is 1.94 bits per heavy atom. The molecule has 0 aliphatic heterocycles. The van der Waals surface area contributed by atoms with Gasteiger partial charge in [0.1, 0.15) is 10.6 Å². The Labute approximate surface area is 102 Å². The van der Waals surface area contributed by atoms with E-state index in [9.17, 15) is 0 Å². The van der Waals surface area contributed by atoms with Crippen molar-refractivity contribution in [1.82, 2.24) is 4.98 Å². The molecule has 16 heavy (non-hydrogen) atoms. The van der Waals surface area contributed by atoms with E-state index in [1.807, 2.05) is 32.9 Å². The van der Waals surface area contributed by atoms with E-state index >= 15 is 0 Å².